The maximum Gasteiger partial charge on any atom is 0.339 e. The van der Waals surface area contributed by atoms with E-state index < -0.39 is 11.6 Å². The number of rotatable bonds is 3. The van der Waals surface area contributed by atoms with Crippen molar-refractivity contribution in [3.05, 3.63) is 71.3 Å². The Morgan fingerprint density at radius 1 is 1.10 bits per heavy atom. The summed E-state index contributed by atoms with van der Waals surface area (Å²) >= 11 is 3.35. The molecule has 0 saturated heterocycles. The minimum absolute atomic E-state index is 0.178. The van der Waals surface area contributed by atoms with E-state index in [-0.39, 0.29) is 11.1 Å². The molecule has 0 amide bonds. The molecule has 4 heteroatoms. The van der Waals surface area contributed by atoms with Crippen LogP contribution in [0.3, 0.4) is 0 Å². The quantitative estimate of drug-likeness (QED) is 0.486. The average molecular weight is 345 g/mol. The summed E-state index contributed by atoms with van der Waals surface area (Å²) in [5, 5.41) is 0.272. The summed E-state index contributed by atoms with van der Waals surface area (Å²) < 4.78 is 5.53. The summed E-state index contributed by atoms with van der Waals surface area (Å²) in [5.41, 5.74) is 0.754. The lowest BCUT2D eigenvalue weighted by molar-refractivity contribution is -0.00520. The highest BCUT2D eigenvalue weighted by Crippen LogP contribution is 2.32. The summed E-state index contributed by atoms with van der Waals surface area (Å²) in [5.74, 6) is -0.622. The Bertz CT molecular complexity index is 696. The van der Waals surface area contributed by atoms with Crippen molar-refractivity contribution >= 4 is 27.7 Å². The number of esters is 1. The minimum atomic E-state index is -1.17. The van der Waals surface area contributed by atoms with Crippen molar-refractivity contribution in [1.82, 2.24) is 0 Å². The lowest BCUT2D eigenvalue weighted by atomic mass is 9.84. The van der Waals surface area contributed by atoms with Crippen molar-refractivity contribution in [3.63, 3.8) is 0 Å². The van der Waals surface area contributed by atoms with Crippen LogP contribution in [0.25, 0.3) is 0 Å². The first kappa shape index (κ1) is 14.0. The van der Waals surface area contributed by atoms with E-state index in [0.717, 1.165) is 5.56 Å². The fourth-order valence-electron chi connectivity index (χ4n) is 2.56. The van der Waals surface area contributed by atoms with Gasteiger partial charge in [0.2, 0.25) is 5.78 Å². The Morgan fingerprint density at radius 3 is 2.48 bits per heavy atom. The maximum atomic E-state index is 12.8. The molecule has 0 aliphatic carbocycles. The molecule has 0 unspecified atom stereocenters. The molecule has 1 aliphatic heterocycles. The molecule has 2 aromatic carbocycles. The van der Waals surface area contributed by atoms with E-state index >= 15 is 0 Å². The Morgan fingerprint density at radius 2 is 1.76 bits per heavy atom. The molecule has 106 valence electrons. The third-order valence-electron chi connectivity index (χ3n) is 3.67. The van der Waals surface area contributed by atoms with Crippen molar-refractivity contribution in [2.24, 2.45) is 0 Å². The smallest absolute Gasteiger partial charge is 0.339 e. The zero-order valence-corrected chi connectivity index (χ0v) is 12.8. The van der Waals surface area contributed by atoms with Gasteiger partial charge in [-0.2, -0.15) is 0 Å². The second kappa shape index (κ2) is 5.45. The molecule has 0 radical (unpaired) electrons. The largest absolute Gasteiger partial charge is 0.446 e. The standard InChI is InChI=1S/C17H13BrO3/c18-11-17(15(19)12-6-2-1-3-7-12)10-13-8-4-5-9-14(13)16(20)21-17/h1-9H,10-11H2/t17-/m1/s1. The molecule has 0 N–H and O–H groups in total. The highest BCUT2D eigenvalue weighted by Gasteiger charge is 2.46. The van der Waals surface area contributed by atoms with E-state index in [4.69, 9.17) is 4.74 Å². The molecule has 1 aliphatic rings. The van der Waals surface area contributed by atoms with Crippen molar-refractivity contribution < 1.29 is 14.3 Å². The number of halogens is 1. The Kier molecular flexibility index (Phi) is 3.64. The minimum Gasteiger partial charge on any atom is -0.446 e. The fourth-order valence-corrected chi connectivity index (χ4v) is 3.13. The van der Waals surface area contributed by atoms with Gasteiger partial charge in [-0.3, -0.25) is 4.79 Å². The van der Waals surface area contributed by atoms with Crippen LogP contribution in [-0.4, -0.2) is 22.7 Å². The number of hydrogen-bond acceptors (Lipinski definition) is 3. The molecule has 3 rings (SSSR count). The monoisotopic (exact) mass is 344 g/mol. The van der Waals surface area contributed by atoms with Gasteiger partial charge in [0.05, 0.1) is 10.9 Å². The van der Waals surface area contributed by atoms with Gasteiger partial charge >= 0.3 is 5.97 Å². The highest BCUT2D eigenvalue weighted by molar-refractivity contribution is 9.09. The van der Waals surface area contributed by atoms with E-state index in [1.165, 1.54) is 0 Å². The molecule has 0 aromatic heterocycles. The number of carbonyl (C=O) groups is 2. The zero-order chi connectivity index (χ0) is 14.9. The predicted molar refractivity (Wildman–Crippen MR) is 82.9 cm³/mol. The Labute approximate surface area is 131 Å². The van der Waals surface area contributed by atoms with Gasteiger partial charge in [0, 0.05) is 12.0 Å². The number of benzene rings is 2. The number of ketones is 1. The van der Waals surface area contributed by atoms with E-state index in [1.807, 2.05) is 18.2 Å². The highest BCUT2D eigenvalue weighted by atomic mass is 79.9. The lowest BCUT2D eigenvalue weighted by Crippen LogP contribution is -2.50. The van der Waals surface area contributed by atoms with Crippen LogP contribution < -0.4 is 0 Å². The fraction of sp³-hybridized carbons (Fsp3) is 0.176. The van der Waals surface area contributed by atoms with Crippen LogP contribution in [0.2, 0.25) is 0 Å². The second-order valence-electron chi connectivity index (χ2n) is 5.05. The van der Waals surface area contributed by atoms with Gasteiger partial charge in [0.25, 0.3) is 0 Å². The maximum absolute atomic E-state index is 12.8. The molecule has 0 spiro atoms. The topological polar surface area (TPSA) is 43.4 Å². The number of hydrogen-bond donors (Lipinski definition) is 0. The SMILES string of the molecule is O=C1O[C@](CBr)(C(=O)c2ccccc2)Cc2ccccc21. The summed E-state index contributed by atoms with van der Waals surface area (Å²) in [6.45, 7) is 0. The van der Waals surface area contributed by atoms with Gasteiger partial charge in [-0.05, 0) is 11.6 Å². The Balaban J connectivity index is 2.03. The van der Waals surface area contributed by atoms with Gasteiger partial charge in [-0.15, -0.1) is 0 Å². The molecular formula is C17H13BrO3. The molecule has 1 atom stereocenters. The summed E-state index contributed by atoms with van der Waals surface area (Å²) in [6, 6.07) is 16.2. The zero-order valence-electron chi connectivity index (χ0n) is 11.2. The number of ether oxygens (including phenoxy) is 1. The lowest BCUT2D eigenvalue weighted by Gasteiger charge is -2.34. The van der Waals surface area contributed by atoms with E-state index in [0.29, 0.717) is 17.5 Å². The van der Waals surface area contributed by atoms with Crippen molar-refractivity contribution in [2.75, 3.05) is 5.33 Å². The second-order valence-corrected chi connectivity index (χ2v) is 5.61. The molecule has 0 bridgehead atoms. The van der Waals surface area contributed by atoms with E-state index in [1.54, 1.807) is 36.4 Å². The van der Waals surface area contributed by atoms with Crippen LogP contribution in [0.5, 0.6) is 0 Å². The molecule has 0 fully saturated rings. The van der Waals surface area contributed by atoms with Crippen molar-refractivity contribution in [2.45, 2.75) is 12.0 Å². The number of alkyl halides is 1. The molecule has 21 heavy (non-hydrogen) atoms. The normalized spacial score (nSPS) is 20.5. The third kappa shape index (κ3) is 2.40. The van der Waals surface area contributed by atoms with Crippen LogP contribution in [0.15, 0.2) is 54.6 Å². The number of Topliss-reactive ketones (excluding diaryl/α,β-unsaturated/α-hetero) is 1. The molecular weight excluding hydrogens is 332 g/mol. The first-order valence-corrected chi connectivity index (χ1v) is 7.75. The molecule has 3 nitrogen and oxygen atoms in total. The molecule has 0 saturated carbocycles. The van der Waals surface area contributed by atoms with Crippen molar-refractivity contribution in [3.8, 4) is 0 Å². The van der Waals surface area contributed by atoms with Crippen molar-refractivity contribution in [1.29, 1.82) is 0 Å². The van der Waals surface area contributed by atoms with Crippen LogP contribution in [0.1, 0.15) is 26.3 Å². The molecule has 1 heterocycles. The summed E-state index contributed by atoms with van der Waals surface area (Å²) in [7, 11) is 0. The summed E-state index contributed by atoms with van der Waals surface area (Å²) in [4.78, 5) is 25.0. The van der Waals surface area contributed by atoms with Crippen LogP contribution >= 0.6 is 15.9 Å². The average Bonchev–Trinajstić information content (AvgIpc) is 2.55. The van der Waals surface area contributed by atoms with E-state index in [2.05, 4.69) is 15.9 Å². The van der Waals surface area contributed by atoms with Gasteiger partial charge < -0.3 is 4.74 Å². The number of cyclic esters (lactones) is 1. The third-order valence-corrected chi connectivity index (χ3v) is 4.57. The summed E-state index contributed by atoms with van der Waals surface area (Å²) in [6.07, 6.45) is 0.383. The van der Waals surface area contributed by atoms with E-state index in [9.17, 15) is 9.59 Å². The van der Waals surface area contributed by atoms with Gasteiger partial charge in [-0.25, -0.2) is 4.79 Å². The first-order valence-electron chi connectivity index (χ1n) is 6.63. The molecule has 2 aromatic rings. The van der Waals surface area contributed by atoms with Gasteiger partial charge in [0.15, 0.2) is 5.60 Å². The van der Waals surface area contributed by atoms with Gasteiger partial charge in [-0.1, -0.05) is 64.5 Å². The van der Waals surface area contributed by atoms with Crippen LogP contribution in [0.4, 0.5) is 0 Å². The number of fused-ring (bicyclic) bond motifs is 1. The van der Waals surface area contributed by atoms with Crippen LogP contribution in [-0.2, 0) is 11.2 Å². The Hall–Kier alpha value is -1.94. The predicted octanol–water partition coefficient (Wildman–Crippen LogP) is 3.42. The first-order chi connectivity index (χ1) is 10.2. The number of carbonyl (C=O) groups excluding carboxylic acids is 2. The van der Waals surface area contributed by atoms with Crippen LogP contribution in [0, 0.1) is 0 Å². The van der Waals surface area contributed by atoms with Gasteiger partial charge in [0.1, 0.15) is 0 Å².